The van der Waals surface area contributed by atoms with Crippen LogP contribution in [0.4, 0.5) is 0 Å². The summed E-state index contributed by atoms with van der Waals surface area (Å²) in [5.74, 6) is 0.176. The van der Waals surface area contributed by atoms with Crippen LogP contribution in [0.15, 0.2) is 48.5 Å². The minimum atomic E-state index is -0.156. The number of carbonyl (C=O) groups excluding carboxylic acids is 1. The van der Waals surface area contributed by atoms with E-state index >= 15 is 0 Å². The van der Waals surface area contributed by atoms with E-state index in [9.17, 15) is 4.79 Å². The maximum Gasteiger partial charge on any atom is 0.228 e. The van der Waals surface area contributed by atoms with E-state index in [0.29, 0.717) is 5.02 Å². The first-order valence-corrected chi connectivity index (χ1v) is 9.07. The average Bonchev–Trinajstić information content (AvgIpc) is 2.57. The number of benzene rings is 2. The minimum Gasteiger partial charge on any atom is -0.349 e. The summed E-state index contributed by atoms with van der Waals surface area (Å²) in [5, 5.41) is 3.99. The second-order valence-electron chi connectivity index (χ2n) is 6.93. The van der Waals surface area contributed by atoms with Gasteiger partial charge in [-0.1, -0.05) is 61.8 Å². The Kier molecular flexibility index (Phi) is 5.25. The molecule has 0 radical (unpaired) electrons. The first-order valence-electron chi connectivity index (χ1n) is 8.70. The summed E-state index contributed by atoms with van der Waals surface area (Å²) >= 11 is 5.99. The van der Waals surface area contributed by atoms with Gasteiger partial charge in [0.2, 0.25) is 5.91 Å². The Hall–Kier alpha value is -1.80. The van der Waals surface area contributed by atoms with Crippen molar-refractivity contribution in [1.82, 2.24) is 5.32 Å². The van der Waals surface area contributed by atoms with Crippen molar-refractivity contribution in [3.8, 4) is 0 Å². The Labute approximate surface area is 149 Å². The largest absolute Gasteiger partial charge is 0.349 e. The van der Waals surface area contributed by atoms with E-state index < -0.39 is 0 Å². The molecule has 0 spiro atoms. The Balaban J connectivity index is 1.81. The van der Waals surface area contributed by atoms with Crippen molar-refractivity contribution in [2.45, 2.75) is 45.1 Å². The second-order valence-corrected chi connectivity index (χ2v) is 7.36. The van der Waals surface area contributed by atoms with Crippen LogP contribution in [-0.2, 0) is 11.2 Å². The molecule has 2 aromatic rings. The van der Waals surface area contributed by atoms with Crippen molar-refractivity contribution in [2.24, 2.45) is 5.92 Å². The molecule has 0 heterocycles. The predicted molar refractivity (Wildman–Crippen MR) is 99.3 cm³/mol. The van der Waals surface area contributed by atoms with Crippen LogP contribution in [0.5, 0.6) is 0 Å². The van der Waals surface area contributed by atoms with E-state index in [1.165, 1.54) is 11.1 Å². The van der Waals surface area contributed by atoms with Crippen LogP contribution in [-0.4, -0.2) is 5.91 Å². The first kappa shape index (κ1) is 17.0. The summed E-state index contributed by atoms with van der Waals surface area (Å²) in [6, 6.07) is 16.2. The molecule has 1 aliphatic rings. The van der Waals surface area contributed by atoms with Crippen molar-refractivity contribution in [3.05, 3.63) is 70.2 Å². The lowest BCUT2D eigenvalue weighted by molar-refractivity contribution is -0.124. The van der Waals surface area contributed by atoms with Crippen molar-refractivity contribution < 1.29 is 4.79 Å². The second kappa shape index (κ2) is 7.40. The van der Waals surface area contributed by atoms with E-state index in [2.05, 4.69) is 43.4 Å². The molecule has 0 aromatic heterocycles. The molecule has 2 atom stereocenters. The molecule has 126 valence electrons. The lowest BCUT2D eigenvalue weighted by atomic mass is 9.85. The molecule has 0 unspecified atom stereocenters. The fourth-order valence-electron chi connectivity index (χ4n) is 3.67. The zero-order valence-electron chi connectivity index (χ0n) is 14.3. The number of hydrogen-bond acceptors (Lipinski definition) is 1. The first-order chi connectivity index (χ1) is 11.6. The monoisotopic (exact) mass is 341 g/mol. The van der Waals surface area contributed by atoms with E-state index in [1.807, 2.05) is 24.3 Å². The number of rotatable bonds is 4. The average molecular weight is 342 g/mol. The number of carbonyl (C=O) groups is 1. The molecule has 1 amide bonds. The molecule has 0 aliphatic heterocycles. The summed E-state index contributed by atoms with van der Waals surface area (Å²) in [6.07, 6.45) is 3.23. The number of nitrogens with one attached hydrogen (secondary N) is 1. The maximum absolute atomic E-state index is 13.0. The molecular weight excluding hydrogens is 318 g/mol. The van der Waals surface area contributed by atoms with E-state index in [4.69, 9.17) is 11.6 Å². The van der Waals surface area contributed by atoms with Gasteiger partial charge in [-0.3, -0.25) is 4.79 Å². The molecule has 3 rings (SSSR count). The van der Waals surface area contributed by atoms with E-state index in [-0.39, 0.29) is 23.8 Å². The molecule has 3 heteroatoms. The molecule has 2 aromatic carbocycles. The summed E-state index contributed by atoms with van der Waals surface area (Å²) < 4.78 is 0. The van der Waals surface area contributed by atoms with E-state index in [0.717, 1.165) is 24.8 Å². The highest BCUT2D eigenvalue weighted by atomic mass is 35.5. The zero-order chi connectivity index (χ0) is 17.1. The molecule has 0 saturated carbocycles. The van der Waals surface area contributed by atoms with Crippen molar-refractivity contribution >= 4 is 17.5 Å². The Morgan fingerprint density at radius 1 is 1.12 bits per heavy atom. The van der Waals surface area contributed by atoms with Gasteiger partial charge in [0, 0.05) is 5.02 Å². The van der Waals surface area contributed by atoms with E-state index in [1.54, 1.807) is 0 Å². The van der Waals surface area contributed by atoms with Gasteiger partial charge >= 0.3 is 0 Å². The van der Waals surface area contributed by atoms with Gasteiger partial charge in [0.05, 0.1) is 12.0 Å². The van der Waals surface area contributed by atoms with Gasteiger partial charge in [0.25, 0.3) is 0 Å². The van der Waals surface area contributed by atoms with Crippen LogP contribution in [0.25, 0.3) is 0 Å². The highest BCUT2D eigenvalue weighted by Gasteiger charge is 2.28. The van der Waals surface area contributed by atoms with Gasteiger partial charge in [-0.25, -0.2) is 0 Å². The summed E-state index contributed by atoms with van der Waals surface area (Å²) in [4.78, 5) is 13.0. The van der Waals surface area contributed by atoms with Gasteiger partial charge in [0.15, 0.2) is 0 Å². The zero-order valence-corrected chi connectivity index (χ0v) is 15.0. The predicted octanol–water partition coefficient (Wildman–Crippen LogP) is 5.27. The highest BCUT2D eigenvalue weighted by Crippen LogP contribution is 2.32. The lowest BCUT2D eigenvalue weighted by Gasteiger charge is -2.29. The number of halogens is 1. The van der Waals surface area contributed by atoms with Crippen LogP contribution < -0.4 is 5.32 Å². The molecule has 0 saturated heterocycles. The fraction of sp³-hybridized carbons (Fsp3) is 0.381. The maximum atomic E-state index is 13.0. The lowest BCUT2D eigenvalue weighted by Crippen LogP contribution is -2.36. The van der Waals surface area contributed by atoms with Gasteiger partial charge in [0.1, 0.15) is 0 Å². The molecule has 24 heavy (non-hydrogen) atoms. The van der Waals surface area contributed by atoms with Gasteiger partial charge < -0.3 is 5.32 Å². The van der Waals surface area contributed by atoms with Gasteiger partial charge in [-0.2, -0.15) is 0 Å². The van der Waals surface area contributed by atoms with Crippen LogP contribution in [0.3, 0.4) is 0 Å². The molecule has 2 nitrogen and oxygen atoms in total. The summed E-state index contributed by atoms with van der Waals surface area (Å²) in [5.41, 5.74) is 3.66. The number of hydrogen-bond donors (Lipinski definition) is 1. The minimum absolute atomic E-state index is 0.106. The Morgan fingerprint density at radius 2 is 1.83 bits per heavy atom. The molecule has 1 N–H and O–H groups in total. The molecule has 1 aliphatic carbocycles. The normalized spacial score (nSPS) is 18.1. The fourth-order valence-corrected chi connectivity index (χ4v) is 3.80. The van der Waals surface area contributed by atoms with Gasteiger partial charge in [-0.15, -0.1) is 0 Å². The Bertz CT molecular complexity index is 708. The number of aryl methyl sites for hydroxylation is 1. The van der Waals surface area contributed by atoms with Crippen LogP contribution in [0.2, 0.25) is 5.02 Å². The number of fused-ring (bicyclic) bond motifs is 1. The Morgan fingerprint density at radius 3 is 2.54 bits per heavy atom. The molecule has 0 bridgehead atoms. The van der Waals surface area contributed by atoms with Crippen LogP contribution >= 0.6 is 11.6 Å². The van der Waals surface area contributed by atoms with Crippen molar-refractivity contribution in [3.63, 3.8) is 0 Å². The highest BCUT2D eigenvalue weighted by molar-refractivity contribution is 6.30. The third kappa shape index (κ3) is 3.64. The standard InChI is InChI=1S/C21H24ClNO/c1-14(2)20(16-10-12-17(22)13-11-16)21(24)23-19-9-5-7-15-6-3-4-8-18(15)19/h3-4,6,8,10-14,19-20H,5,7,9H2,1-2H3,(H,23,24)/t19-,20+/m1/s1. The van der Waals surface area contributed by atoms with Crippen molar-refractivity contribution in [1.29, 1.82) is 0 Å². The van der Waals surface area contributed by atoms with Gasteiger partial charge in [-0.05, 0) is 54.0 Å². The summed E-state index contributed by atoms with van der Waals surface area (Å²) in [6.45, 7) is 4.18. The smallest absolute Gasteiger partial charge is 0.228 e. The SMILES string of the molecule is CC(C)[C@H](C(=O)N[C@@H]1CCCc2ccccc21)c1ccc(Cl)cc1. The molecular formula is C21H24ClNO. The quantitative estimate of drug-likeness (QED) is 0.806. The number of amides is 1. The third-order valence-corrected chi connectivity index (χ3v) is 5.12. The topological polar surface area (TPSA) is 29.1 Å². The van der Waals surface area contributed by atoms with Crippen LogP contribution in [0.1, 0.15) is 55.3 Å². The summed E-state index contributed by atoms with van der Waals surface area (Å²) in [7, 11) is 0. The third-order valence-electron chi connectivity index (χ3n) is 4.86. The van der Waals surface area contributed by atoms with Crippen molar-refractivity contribution in [2.75, 3.05) is 0 Å². The van der Waals surface area contributed by atoms with Crippen LogP contribution in [0, 0.1) is 5.92 Å². The molecule has 0 fully saturated rings.